The van der Waals surface area contributed by atoms with Gasteiger partial charge in [0.15, 0.2) is 0 Å². The molecule has 0 bridgehead atoms. The summed E-state index contributed by atoms with van der Waals surface area (Å²) in [6.07, 6.45) is 0.942. The molecule has 0 atom stereocenters. The Morgan fingerprint density at radius 1 is 0.960 bits per heavy atom. The van der Waals surface area contributed by atoms with Gasteiger partial charge in [0.05, 0.1) is 13.2 Å². The first-order chi connectivity index (χ1) is 12.1. The quantitative estimate of drug-likeness (QED) is 0.687. The Kier molecular flexibility index (Phi) is 6.83. The SMILES string of the molecule is CCCOc1cccc(NCC(=O)Nc2cccc(NC(C)=O)c2)c1. The van der Waals surface area contributed by atoms with E-state index in [1.54, 1.807) is 24.3 Å². The fraction of sp³-hybridized carbons (Fsp3) is 0.263. The maximum atomic E-state index is 12.1. The number of hydrogen-bond acceptors (Lipinski definition) is 4. The van der Waals surface area contributed by atoms with Crippen LogP contribution in [0.2, 0.25) is 0 Å². The molecule has 6 heteroatoms. The molecular weight excluding hydrogens is 318 g/mol. The molecule has 0 radical (unpaired) electrons. The molecule has 3 N–H and O–H groups in total. The molecule has 2 rings (SSSR count). The van der Waals surface area contributed by atoms with Crippen molar-refractivity contribution in [3.8, 4) is 5.75 Å². The van der Waals surface area contributed by atoms with Gasteiger partial charge in [0, 0.05) is 30.1 Å². The van der Waals surface area contributed by atoms with Gasteiger partial charge in [-0.05, 0) is 36.8 Å². The molecule has 0 fully saturated rings. The van der Waals surface area contributed by atoms with E-state index in [9.17, 15) is 9.59 Å². The molecule has 2 aromatic carbocycles. The van der Waals surface area contributed by atoms with Gasteiger partial charge in [0.25, 0.3) is 0 Å². The molecule has 0 aliphatic heterocycles. The highest BCUT2D eigenvalue weighted by molar-refractivity contribution is 5.95. The zero-order valence-corrected chi connectivity index (χ0v) is 14.5. The number of amides is 2. The molecule has 0 aromatic heterocycles. The van der Waals surface area contributed by atoms with Gasteiger partial charge in [-0.2, -0.15) is 0 Å². The van der Waals surface area contributed by atoms with Crippen molar-refractivity contribution >= 4 is 28.9 Å². The van der Waals surface area contributed by atoms with Gasteiger partial charge in [-0.3, -0.25) is 9.59 Å². The summed E-state index contributed by atoms with van der Waals surface area (Å²) in [5.41, 5.74) is 2.08. The third-order valence-corrected chi connectivity index (χ3v) is 3.23. The Bertz CT molecular complexity index is 731. The second-order valence-electron chi connectivity index (χ2n) is 5.54. The smallest absolute Gasteiger partial charge is 0.243 e. The maximum Gasteiger partial charge on any atom is 0.243 e. The molecule has 0 aliphatic carbocycles. The van der Waals surface area contributed by atoms with Gasteiger partial charge in [0.1, 0.15) is 5.75 Å². The van der Waals surface area contributed by atoms with Crippen molar-refractivity contribution in [1.29, 1.82) is 0 Å². The highest BCUT2D eigenvalue weighted by Crippen LogP contribution is 2.18. The van der Waals surface area contributed by atoms with E-state index in [0.717, 1.165) is 17.9 Å². The van der Waals surface area contributed by atoms with Crippen LogP contribution in [0.4, 0.5) is 17.1 Å². The van der Waals surface area contributed by atoms with Crippen molar-refractivity contribution in [2.75, 3.05) is 29.1 Å². The molecule has 2 aromatic rings. The Morgan fingerprint density at radius 3 is 2.36 bits per heavy atom. The van der Waals surface area contributed by atoms with Crippen LogP contribution in [-0.2, 0) is 9.59 Å². The first kappa shape index (κ1) is 18.3. The van der Waals surface area contributed by atoms with Crippen molar-refractivity contribution in [1.82, 2.24) is 0 Å². The van der Waals surface area contributed by atoms with Gasteiger partial charge in [-0.1, -0.05) is 19.1 Å². The first-order valence-corrected chi connectivity index (χ1v) is 8.21. The van der Waals surface area contributed by atoms with Gasteiger partial charge in [0.2, 0.25) is 11.8 Å². The average molecular weight is 341 g/mol. The van der Waals surface area contributed by atoms with E-state index in [0.29, 0.717) is 18.0 Å². The summed E-state index contributed by atoms with van der Waals surface area (Å²) in [6, 6.07) is 14.5. The number of hydrogen-bond donors (Lipinski definition) is 3. The number of rotatable bonds is 8. The molecule has 0 heterocycles. The van der Waals surface area contributed by atoms with Gasteiger partial charge >= 0.3 is 0 Å². The molecule has 0 saturated carbocycles. The normalized spacial score (nSPS) is 10.0. The van der Waals surface area contributed by atoms with E-state index in [4.69, 9.17) is 4.74 Å². The Morgan fingerprint density at radius 2 is 1.64 bits per heavy atom. The summed E-state index contributed by atoms with van der Waals surface area (Å²) in [6.45, 7) is 4.27. The van der Waals surface area contributed by atoms with E-state index in [1.165, 1.54) is 6.92 Å². The zero-order valence-electron chi connectivity index (χ0n) is 14.5. The lowest BCUT2D eigenvalue weighted by atomic mass is 10.2. The number of carbonyl (C=O) groups is 2. The van der Waals surface area contributed by atoms with Crippen LogP contribution in [0.5, 0.6) is 5.75 Å². The lowest BCUT2D eigenvalue weighted by Crippen LogP contribution is -2.21. The van der Waals surface area contributed by atoms with Crippen molar-refractivity contribution in [3.05, 3.63) is 48.5 Å². The number of anilines is 3. The summed E-state index contributed by atoms with van der Waals surface area (Å²) in [5.74, 6) is 0.436. The van der Waals surface area contributed by atoms with Crippen LogP contribution in [0.25, 0.3) is 0 Å². The van der Waals surface area contributed by atoms with Crippen LogP contribution in [0, 0.1) is 0 Å². The second-order valence-corrected chi connectivity index (χ2v) is 5.54. The lowest BCUT2D eigenvalue weighted by Gasteiger charge is -2.10. The number of carbonyl (C=O) groups excluding carboxylic acids is 2. The Balaban J connectivity index is 1.87. The third-order valence-electron chi connectivity index (χ3n) is 3.23. The first-order valence-electron chi connectivity index (χ1n) is 8.21. The number of benzene rings is 2. The van der Waals surface area contributed by atoms with Gasteiger partial charge in [-0.25, -0.2) is 0 Å². The molecular formula is C19H23N3O3. The second kappa shape index (κ2) is 9.32. The fourth-order valence-electron chi connectivity index (χ4n) is 2.18. The molecule has 6 nitrogen and oxygen atoms in total. The Hall–Kier alpha value is -3.02. The highest BCUT2D eigenvalue weighted by atomic mass is 16.5. The van der Waals surface area contributed by atoms with E-state index in [1.807, 2.05) is 31.2 Å². The standard InChI is InChI=1S/C19H23N3O3/c1-3-10-25-18-9-5-6-15(12-18)20-13-19(24)22-17-8-4-7-16(11-17)21-14(2)23/h4-9,11-12,20H,3,10,13H2,1-2H3,(H,21,23)(H,22,24). The maximum absolute atomic E-state index is 12.1. The highest BCUT2D eigenvalue weighted by Gasteiger charge is 2.04. The lowest BCUT2D eigenvalue weighted by molar-refractivity contribution is -0.115. The van der Waals surface area contributed by atoms with Gasteiger partial charge < -0.3 is 20.7 Å². The molecule has 0 unspecified atom stereocenters. The third kappa shape index (κ3) is 6.55. The van der Waals surface area contributed by atoms with Crippen LogP contribution in [-0.4, -0.2) is 25.0 Å². The van der Waals surface area contributed by atoms with E-state index >= 15 is 0 Å². The molecule has 0 aliphatic rings. The molecule has 132 valence electrons. The zero-order chi connectivity index (χ0) is 18.1. The minimum absolute atomic E-state index is 0.127. The largest absolute Gasteiger partial charge is 0.494 e. The number of ether oxygens (including phenoxy) is 1. The monoisotopic (exact) mass is 341 g/mol. The number of nitrogens with one attached hydrogen (secondary N) is 3. The van der Waals surface area contributed by atoms with E-state index in [2.05, 4.69) is 16.0 Å². The summed E-state index contributed by atoms with van der Waals surface area (Å²) < 4.78 is 5.57. The minimum atomic E-state index is -0.181. The van der Waals surface area contributed by atoms with Crippen LogP contribution in [0.1, 0.15) is 20.3 Å². The summed E-state index contributed by atoms with van der Waals surface area (Å²) in [5, 5.41) is 8.54. The summed E-state index contributed by atoms with van der Waals surface area (Å²) >= 11 is 0. The van der Waals surface area contributed by atoms with Gasteiger partial charge in [-0.15, -0.1) is 0 Å². The fourth-order valence-corrected chi connectivity index (χ4v) is 2.18. The van der Waals surface area contributed by atoms with E-state index in [-0.39, 0.29) is 18.4 Å². The Labute approximate surface area is 147 Å². The van der Waals surface area contributed by atoms with Crippen LogP contribution < -0.4 is 20.7 Å². The summed E-state index contributed by atoms with van der Waals surface area (Å²) in [4.78, 5) is 23.2. The molecule has 0 saturated heterocycles. The van der Waals surface area contributed by atoms with Crippen molar-refractivity contribution in [3.63, 3.8) is 0 Å². The van der Waals surface area contributed by atoms with Crippen LogP contribution in [0.3, 0.4) is 0 Å². The van der Waals surface area contributed by atoms with Crippen molar-refractivity contribution in [2.45, 2.75) is 20.3 Å². The van der Waals surface area contributed by atoms with Crippen LogP contribution in [0.15, 0.2) is 48.5 Å². The predicted octanol–water partition coefficient (Wildman–Crippen LogP) is 3.48. The average Bonchev–Trinajstić information content (AvgIpc) is 2.58. The molecule has 2 amide bonds. The van der Waals surface area contributed by atoms with Crippen LogP contribution >= 0.6 is 0 Å². The topological polar surface area (TPSA) is 79.5 Å². The minimum Gasteiger partial charge on any atom is -0.494 e. The molecule has 0 spiro atoms. The predicted molar refractivity (Wildman–Crippen MR) is 100 cm³/mol. The van der Waals surface area contributed by atoms with Crippen molar-refractivity contribution < 1.29 is 14.3 Å². The van der Waals surface area contributed by atoms with Crippen molar-refractivity contribution in [2.24, 2.45) is 0 Å². The van der Waals surface area contributed by atoms with E-state index < -0.39 is 0 Å². The summed E-state index contributed by atoms with van der Waals surface area (Å²) in [7, 11) is 0. The molecule has 25 heavy (non-hydrogen) atoms.